The van der Waals surface area contributed by atoms with Gasteiger partial charge in [0.2, 0.25) is 5.91 Å². The van der Waals surface area contributed by atoms with Crippen LogP contribution in [0.2, 0.25) is 10.0 Å². The molecule has 158 valence electrons. The van der Waals surface area contributed by atoms with Crippen LogP contribution < -0.4 is 10.2 Å². The third-order valence-electron chi connectivity index (χ3n) is 4.72. The van der Waals surface area contributed by atoms with E-state index in [1.807, 2.05) is 12.1 Å². The van der Waals surface area contributed by atoms with Gasteiger partial charge in [0.15, 0.2) is 5.69 Å². The highest BCUT2D eigenvalue weighted by molar-refractivity contribution is 6.32. The lowest BCUT2D eigenvalue weighted by Crippen LogP contribution is -2.49. The van der Waals surface area contributed by atoms with Crippen LogP contribution in [0.25, 0.3) is 0 Å². The molecule has 2 heterocycles. The number of hydrogen-bond donors (Lipinski definition) is 1. The first-order chi connectivity index (χ1) is 13.7. The molecule has 3 rings (SSSR count). The molecule has 2 aromatic rings. The van der Waals surface area contributed by atoms with Crippen LogP contribution in [0.15, 0.2) is 24.3 Å². The molecule has 1 saturated heterocycles. The number of piperazine rings is 1. The Morgan fingerprint density at radius 2 is 1.76 bits per heavy atom. The summed E-state index contributed by atoms with van der Waals surface area (Å²) in [6.45, 7) is 1.93. The van der Waals surface area contributed by atoms with Crippen LogP contribution in [-0.4, -0.2) is 53.8 Å². The lowest BCUT2D eigenvalue weighted by molar-refractivity contribution is -0.142. The van der Waals surface area contributed by atoms with Gasteiger partial charge in [-0.05, 0) is 31.3 Å². The van der Waals surface area contributed by atoms with Gasteiger partial charge in [0, 0.05) is 43.4 Å². The van der Waals surface area contributed by atoms with Crippen molar-refractivity contribution in [2.24, 2.45) is 0 Å². The van der Waals surface area contributed by atoms with Crippen molar-refractivity contribution >= 4 is 34.8 Å². The second-order valence-electron chi connectivity index (χ2n) is 6.64. The fourth-order valence-corrected chi connectivity index (χ4v) is 3.65. The summed E-state index contributed by atoms with van der Waals surface area (Å²) in [4.78, 5) is 16.4. The number of benzene rings is 1. The maximum Gasteiger partial charge on any atom is 0.436 e. The number of halogens is 5. The standard InChI is InChI=1S/C18H20Cl2F3N5O/c1-24-10-14-16(20)17(18(21,22)23)25-28(14)11-15(29)27-8-6-26(7-9-27)13-4-2-12(19)3-5-13/h2-5,24H,6-11H2,1H3. The quantitative estimate of drug-likeness (QED) is 0.760. The number of carbonyl (C=O) groups excluding carboxylic acids is 1. The number of nitrogens with one attached hydrogen (secondary N) is 1. The highest BCUT2D eigenvalue weighted by Gasteiger charge is 2.39. The van der Waals surface area contributed by atoms with E-state index in [9.17, 15) is 18.0 Å². The molecule has 6 nitrogen and oxygen atoms in total. The van der Waals surface area contributed by atoms with Crippen molar-refractivity contribution in [2.45, 2.75) is 19.3 Å². The number of nitrogens with zero attached hydrogens (tertiary/aromatic N) is 4. The maximum atomic E-state index is 13.1. The van der Waals surface area contributed by atoms with Gasteiger partial charge in [-0.15, -0.1) is 0 Å². The van der Waals surface area contributed by atoms with Crippen LogP contribution in [0.4, 0.5) is 18.9 Å². The lowest BCUT2D eigenvalue weighted by atomic mass is 10.2. The van der Waals surface area contributed by atoms with Gasteiger partial charge in [-0.1, -0.05) is 23.2 Å². The molecule has 1 aliphatic rings. The molecule has 0 radical (unpaired) electrons. The normalized spacial score (nSPS) is 15.1. The van der Waals surface area contributed by atoms with Crippen molar-refractivity contribution in [2.75, 3.05) is 38.1 Å². The molecular formula is C18H20Cl2F3N5O. The Balaban J connectivity index is 1.67. The van der Waals surface area contributed by atoms with Gasteiger partial charge in [-0.2, -0.15) is 18.3 Å². The van der Waals surface area contributed by atoms with Gasteiger partial charge >= 0.3 is 6.18 Å². The third-order valence-corrected chi connectivity index (χ3v) is 5.36. The molecule has 0 unspecified atom stereocenters. The minimum Gasteiger partial charge on any atom is -0.368 e. The summed E-state index contributed by atoms with van der Waals surface area (Å²) in [5.74, 6) is -0.300. The molecule has 11 heteroatoms. The van der Waals surface area contributed by atoms with Gasteiger partial charge in [0.1, 0.15) is 6.54 Å². The Hall–Kier alpha value is -1.97. The van der Waals surface area contributed by atoms with E-state index in [1.165, 1.54) is 0 Å². The van der Waals surface area contributed by atoms with Crippen molar-refractivity contribution < 1.29 is 18.0 Å². The highest BCUT2D eigenvalue weighted by atomic mass is 35.5. The Kier molecular flexibility index (Phi) is 6.60. The van der Waals surface area contributed by atoms with Crippen molar-refractivity contribution in [3.63, 3.8) is 0 Å². The van der Waals surface area contributed by atoms with Gasteiger partial charge in [-0.25, -0.2) is 0 Å². The summed E-state index contributed by atoms with van der Waals surface area (Å²) in [5.41, 5.74) is -0.0362. The van der Waals surface area contributed by atoms with Crippen LogP contribution in [0.3, 0.4) is 0 Å². The van der Waals surface area contributed by atoms with Crippen LogP contribution >= 0.6 is 23.2 Å². The van der Waals surface area contributed by atoms with Crippen LogP contribution in [0.5, 0.6) is 0 Å². The summed E-state index contributed by atoms with van der Waals surface area (Å²) in [6, 6.07) is 7.43. The summed E-state index contributed by atoms with van der Waals surface area (Å²) < 4.78 is 40.4. The molecule has 0 spiro atoms. The minimum atomic E-state index is -4.68. The predicted octanol–water partition coefficient (Wildman–Crippen LogP) is 3.28. The number of alkyl halides is 3. The van der Waals surface area contributed by atoms with Crippen LogP contribution in [0, 0.1) is 0 Å². The molecule has 0 bridgehead atoms. The number of rotatable bonds is 5. The molecule has 1 aromatic carbocycles. The van der Waals surface area contributed by atoms with E-state index in [1.54, 1.807) is 24.1 Å². The molecule has 1 fully saturated rings. The molecule has 1 amide bonds. The SMILES string of the molecule is CNCc1c(Cl)c(C(F)(F)F)nn1CC(=O)N1CCN(c2ccc(Cl)cc2)CC1. The second-order valence-corrected chi connectivity index (χ2v) is 7.45. The summed E-state index contributed by atoms with van der Waals surface area (Å²) >= 11 is 11.8. The fourth-order valence-electron chi connectivity index (χ4n) is 3.22. The number of amides is 1. The minimum absolute atomic E-state index is 0.0690. The number of anilines is 1. The summed E-state index contributed by atoms with van der Waals surface area (Å²) in [6.07, 6.45) is -4.68. The summed E-state index contributed by atoms with van der Waals surface area (Å²) in [5, 5.41) is 6.48. The number of hydrogen-bond acceptors (Lipinski definition) is 4. The first-order valence-corrected chi connectivity index (χ1v) is 9.71. The zero-order chi connectivity index (χ0) is 21.2. The molecule has 29 heavy (non-hydrogen) atoms. The van der Waals surface area contributed by atoms with E-state index in [2.05, 4.69) is 15.3 Å². The molecule has 1 aliphatic heterocycles. The average Bonchev–Trinajstić information content (AvgIpc) is 2.99. The zero-order valence-electron chi connectivity index (χ0n) is 15.6. The van der Waals surface area contributed by atoms with Gasteiger partial charge in [0.05, 0.1) is 10.7 Å². The van der Waals surface area contributed by atoms with E-state index in [0.29, 0.717) is 31.2 Å². The van der Waals surface area contributed by atoms with E-state index < -0.39 is 16.9 Å². The Labute approximate surface area is 176 Å². The van der Waals surface area contributed by atoms with Crippen LogP contribution in [-0.2, 0) is 24.1 Å². The Morgan fingerprint density at radius 3 is 2.31 bits per heavy atom. The van der Waals surface area contributed by atoms with E-state index in [0.717, 1.165) is 10.4 Å². The predicted molar refractivity (Wildman–Crippen MR) is 105 cm³/mol. The number of aromatic nitrogens is 2. The average molecular weight is 450 g/mol. The molecule has 1 aromatic heterocycles. The molecule has 0 atom stereocenters. The first-order valence-electron chi connectivity index (χ1n) is 8.96. The second kappa shape index (κ2) is 8.81. The van der Waals surface area contributed by atoms with Crippen molar-refractivity contribution in [1.29, 1.82) is 0 Å². The smallest absolute Gasteiger partial charge is 0.368 e. The topological polar surface area (TPSA) is 53.4 Å². The van der Waals surface area contributed by atoms with E-state index in [-0.39, 0.29) is 24.7 Å². The van der Waals surface area contributed by atoms with Crippen molar-refractivity contribution in [3.8, 4) is 0 Å². The Morgan fingerprint density at radius 1 is 1.14 bits per heavy atom. The maximum absolute atomic E-state index is 13.1. The number of carbonyl (C=O) groups is 1. The van der Waals surface area contributed by atoms with E-state index >= 15 is 0 Å². The van der Waals surface area contributed by atoms with Crippen LogP contribution in [0.1, 0.15) is 11.4 Å². The largest absolute Gasteiger partial charge is 0.436 e. The third kappa shape index (κ3) is 4.96. The van der Waals surface area contributed by atoms with Crippen molar-refractivity contribution in [3.05, 3.63) is 45.7 Å². The van der Waals surface area contributed by atoms with E-state index in [4.69, 9.17) is 23.2 Å². The lowest BCUT2D eigenvalue weighted by Gasteiger charge is -2.36. The molecule has 1 N–H and O–H groups in total. The summed E-state index contributed by atoms with van der Waals surface area (Å²) in [7, 11) is 1.58. The molecular weight excluding hydrogens is 430 g/mol. The Bertz CT molecular complexity index is 862. The van der Waals surface area contributed by atoms with Gasteiger partial charge in [-0.3, -0.25) is 9.48 Å². The highest BCUT2D eigenvalue weighted by Crippen LogP contribution is 2.35. The van der Waals surface area contributed by atoms with Gasteiger partial charge < -0.3 is 15.1 Å². The first kappa shape index (κ1) is 21.7. The molecule has 0 saturated carbocycles. The van der Waals surface area contributed by atoms with Gasteiger partial charge in [0.25, 0.3) is 0 Å². The zero-order valence-corrected chi connectivity index (χ0v) is 17.2. The van der Waals surface area contributed by atoms with Crippen molar-refractivity contribution in [1.82, 2.24) is 20.0 Å². The molecule has 0 aliphatic carbocycles. The fraction of sp³-hybridized carbons (Fsp3) is 0.444. The monoisotopic (exact) mass is 449 g/mol.